The number of benzene rings is 2. The lowest BCUT2D eigenvalue weighted by Gasteiger charge is -2.18. The Morgan fingerprint density at radius 1 is 1.05 bits per heavy atom. The third-order valence-electron chi connectivity index (χ3n) is 6.77. The van der Waals surface area contributed by atoms with Crippen molar-refractivity contribution in [3.8, 4) is 22.8 Å². The summed E-state index contributed by atoms with van der Waals surface area (Å²) >= 11 is 1.47. The van der Waals surface area contributed by atoms with Gasteiger partial charge >= 0.3 is 5.97 Å². The van der Waals surface area contributed by atoms with Gasteiger partial charge in [0.05, 0.1) is 43.7 Å². The number of nitrogens with zero attached hydrogens (tertiary/aromatic N) is 1. The number of thiophene rings is 1. The highest BCUT2D eigenvalue weighted by atomic mass is 32.1. The van der Waals surface area contributed by atoms with Crippen molar-refractivity contribution in [2.24, 2.45) is 5.92 Å². The SMILES string of the molecule is COC(=O)c1c(NC(=O)c2cc(-c3ccc(OC)cc3OC)nc3ccccc23)sc2c1CCC(C)C2. The van der Waals surface area contributed by atoms with Crippen LogP contribution >= 0.6 is 11.3 Å². The van der Waals surface area contributed by atoms with E-state index in [1.807, 2.05) is 36.4 Å². The molecule has 1 amide bonds. The van der Waals surface area contributed by atoms with Crippen LogP contribution in [0.2, 0.25) is 0 Å². The molecule has 0 aliphatic heterocycles. The minimum Gasteiger partial charge on any atom is -0.497 e. The highest BCUT2D eigenvalue weighted by Crippen LogP contribution is 2.41. The van der Waals surface area contributed by atoms with Crippen molar-refractivity contribution in [2.45, 2.75) is 26.2 Å². The van der Waals surface area contributed by atoms with Crippen molar-refractivity contribution in [3.63, 3.8) is 0 Å². The van der Waals surface area contributed by atoms with E-state index in [0.717, 1.165) is 35.3 Å². The number of esters is 1. The van der Waals surface area contributed by atoms with Crippen LogP contribution in [0, 0.1) is 5.92 Å². The van der Waals surface area contributed by atoms with Crippen molar-refractivity contribution in [3.05, 3.63) is 70.1 Å². The predicted octanol–water partition coefficient (Wildman–Crippen LogP) is 6.14. The lowest BCUT2D eigenvalue weighted by atomic mass is 9.88. The Morgan fingerprint density at radius 3 is 2.62 bits per heavy atom. The molecule has 1 unspecified atom stereocenters. The normalized spacial score (nSPS) is 14.6. The summed E-state index contributed by atoms with van der Waals surface area (Å²) in [4.78, 5) is 32.5. The van der Waals surface area contributed by atoms with E-state index in [0.29, 0.717) is 50.1 Å². The molecule has 1 atom stereocenters. The van der Waals surface area contributed by atoms with Gasteiger partial charge in [0.1, 0.15) is 16.5 Å². The number of hydrogen-bond acceptors (Lipinski definition) is 7. The second kappa shape index (κ2) is 10.2. The van der Waals surface area contributed by atoms with Gasteiger partial charge in [-0.2, -0.15) is 0 Å². The van der Waals surface area contributed by atoms with Gasteiger partial charge in [0.25, 0.3) is 5.91 Å². The van der Waals surface area contributed by atoms with E-state index >= 15 is 0 Å². The third kappa shape index (κ3) is 4.64. The molecule has 190 valence electrons. The number of nitrogens with one attached hydrogen (secondary N) is 1. The summed E-state index contributed by atoms with van der Waals surface area (Å²) in [5, 5.41) is 4.27. The molecule has 0 radical (unpaired) electrons. The summed E-state index contributed by atoms with van der Waals surface area (Å²) in [5.74, 6) is 1.04. The second-order valence-electron chi connectivity index (χ2n) is 9.14. The molecule has 0 spiro atoms. The Kier molecular flexibility index (Phi) is 6.84. The predicted molar refractivity (Wildman–Crippen MR) is 145 cm³/mol. The molecule has 0 fully saturated rings. The minimum atomic E-state index is -0.425. The minimum absolute atomic E-state index is 0.316. The van der Waals surface area contributed by atoms with Crippen molar-refractivity contribution in [1.82, 2.24) is 4.98 Å². The Balaban J connectivity index is 1.60. The summed E-state index contributed by atoms with van der Waals surface area (Å²) in [6, 6.07) is 14.7. The van der Waals surface area contributed by atoms with Crippen LogP contribution < -0.4 is 14.8 Å². The number of aromatic nitrogens is 1. The number of hydrogen-bond donors (Lipinski definition) is 1. The molecule has 0 saturated heterocycles. The van der Waals surface area contributed by atoms with Gasteiger partial charge in [-0.25, -0.2) is 9.78 Å². The number of ether oxygens (including phenoxy) is 3. The molecule has 2 aromatic carbocycles. The van der Waals surface area contributed by atoms with Gasteiger partial charge in [-0.3, -0.25) is 4.79 Å². The van der Waals surface area contributed by atoms with E-state index in [-0.39, 0.29) is 5.91 Å². The van der Waals surface area contributed by atoms with E-state index in [1.165, 1.54) is 18.4 Å². The van der Waals surface area contributed by atoms with Crippen molar-refractivity contribution in [2.75, 3.05) is 26.6 Å². The van der Waals surface area contributed by atoms with Crippen molar-refractivity contribution < 1.29 is 23.8 Å². The maximum absolute atomic E-state index is 13.8. The number of pyridine rings is 1. The highest BCUT2D eigenvalue weighted by Gasteiger charge is 2.29. The molecule has 1 N–H and O–H groups in total. The van der Waals surface area contributed by atoms with Gasteiger partial charge in [0.2, 0.25) is 0 Å². The number of amides is 1. The number of carbonyl (C=O) groups is 2. The monoisotopic (exact) mass is 516 g/mol. The van der Waals surface area contributed by atoms with Gasteiger partial charge in [0, 0.05) is 21.9 Å². The van der Waals surface area contributed by atoms with Crippen LogP contribution in [0.1, 0.15) is 44.5 Å². The second-order valence-corrected chi connectivity index (χ2v) is 10.2. The number of carbonyl (C=O) groups excluding carboxylic acids is 2. The molecule has 0 saturated carbocycles. The largest absolute Gasteiger partial charge is 0.497 e. The van der Waals surface area contributed by atoms with Crippen LogP contribution in [0.5, 0.6) is 11.5 Å². The zero-order valence-corrected chi connectivity index (χ0v) is 22.0. The Bertz CT molecular complexity index is 1510. The van der Waals surface area contributed by atoms with Crippen LogP contribution in [0.3, 0.4) is 0 Å². The summed E-state index contributed by atoms with van der Waals surface area (Å²) < 4.78 is 16.0. The van der Waals surface area contributed by atoms with E-state index < -0.39 is 5.97 Å². The first kappa shape index (κ1) is 24.8. The summed E-state index contributed by atoms with van der Waals surface area (Å²) in [5.41, 5.74) is 3.92. The lowest BCUT2D eigenvalue weighted by Crippen LogP contribution is -2.16. The summed E-state index contributed by atoms with van der Waals surface area (Å²) in [7, 11) is 4.55. The van der Waals surface area contributed by atoms with Crippen LogP contribution in [0.25, 0.3) is 22.2 Å². The quantitative estimate of drug-likeness (QED) is 0.310. The summed E-state index contributed by atoms with van der Waals surface area (Å²) in [6.45, 7) is 2.21. The molecule has 0 bridgehead atoms. The molecule has 1 aliphatic rings. The van der Waals surface area contributed by atoms with E-state index in [4.69, 9.17) is 19.2 Å². The molecule has 5 rings (SSSR count). The molecule has 2 aromatic heterocycles. The van der Waals surface area contributed by atoms with Gasteiger partial charge < -0.3 is 19.5 Å². The maximum atomic E-state index is 13.8. The van der Waals surface area contributed by atoms with Crippen LogP contribution in [-0.4, -0.2) is 38.2 Å². The van der Waals surface area contributed by atoms with E-state index in [2.05, 4.69) is 12.2 Å². The molecule has 2 heterocycles. The first-order valence-corrected chi connectivity index (χ1v) is 12.9. The molecule has 1 aliphatic carbocycles. The lowest BCUT2D eigenvalue weighted by molar-refractivity contribution is 0.0601. The van der Waals surface area contributed by atoms with Gasteiger partial charge in [-0.05, 0) is 55.0 Å². The van der Waals surface area contributed by atoms with Gasteiger partial charge in [-0.1, -0.05) is 25.1 Å². The van der Waals surface area contributed by atoms with Crippen molar-refractivity contribution >= 4 is 39.1 Å². The summed E-state index contributed by atoms with van der Waals surface area (Å²) in [6.07, 6.45) is 2.69. The molecular weight excluding hydrogens is 488 g/mol. The smallest absolute Gasteiger partial charge is 0.341 e. The van der Waals surface area contributed by atoms with Gasteiger partial charge in [-0.15, -0.1) is 11.3 Å². The Morgan fingerprint density at radius 2 is 1.86 bits per heavy atom. The zero-order valence-electron chi connectivity index (χ0n) is 21.2. The van der Waals surface area contributed by atoms with Crippen LogP contribution in [0.4, 0.5) is 5.00 Å². The number of para-hydroxylation sites is 1. The molecule has 8 heteroatoms. The number of rotatable bonds is 6. The number of methoxy groups -OCH3 is 3. The molecule has 4 aromatic rings. The average molecular weight is 517 g/mol. The first-order valence-electron chi connectivity index (χ1n) is 12.1. The fraction of sp³-hybridized carbons (Fsp3) is 0.276. The number of fused-ring (bicyclic) bond motifs is 2. The first-order chi connectivity index (χ1) is 17.9. The zero-order chi connectivity index (χ0) is 26.1. The van der Waals surface area contributed by atoms with Crippen LogP contribution in [-0.2, 0) is 17.6 Å². The standard InChI is InChI=1S/C29H28N2O5S/c1-16-9-11-20-25(13-16)37-28(26(20)29(33)36-4)31-27(32)21-15-23(30-22-8-6-5-7-18(21)22)19-12-10-17(34-2)14-24(19)35-3/h5-8,10,12,14-16H,9,11,13H2,1-4H3,(H,31,32). The van der Waals surface area contributed by atoms with E-state index in [1.54, 1.807) is 26.4 Å². The average Bonchev–Trinajstić information content (AvgIpc) is 3.28. The Labute approximate surface area is 219 Å². The topological polar surface area (TPSA) is 86.8 Å². The van der Waals surface area contributed by atoms with Crippen molar-refractivity contribution in [1.29, 1.82) is 0 Å². The third-order valence-corrected chi connectivity index (χ3v) is 7.94. The fourth-order valence-electron chi connectivity index (χ4n) is 4.84. The molecular formula is C29H28N2O5S. The Hall–Kier alpha value is -3.91. The molecule has 7 nitrogen and oxygen atoms in total. The number of anilines is 1. The van der Waals surface area contributed by atoms with Crippen LogP contribution in [0.15, 0.2) is 48.5 Å². The fourth-order valence-corrected chi connectivity index (χ4v) is 6.23. The molecule has 37 heavy (non-hydrogen) atoms. The highest BCUT2D eigenvalue weighted by molar-refractivity contribution is 7.17. The van der Waals surface area contributed by atoms with Gasteiger partial charge in [0.15, 0.2) is 0 Å². The van der Waals surface area contributed by atoms with E-state index in [9.17, 15) is 9.59 Å². The maximum Gasteiger partial charge on any atom is 0.341 e.